The maximum absolute atomic E-state index is 12.3. The lowest BCUT2D eigenvalue weighted by Gasteiger charge is -2.04. The van der Waals surface area contributed by atoms with Crippen LogP contribution >= 0.6 is 0 Å². The number of rotatable bonds is 4. The number of nitrogens with zero attached hydrogens (tertiary/aromatic N) is 3. The molecule has 0 saturated heterocycles. The summed E-state index contributed by atoms with van der Waals surface area (Å²) in [6.07, 6.45) is 0. The van der Waals surface area contributed by atoms with Gasteiger partial charge >= 0.3 is 6.01 Å². The molecule has 0 aliphatic carbocycles. The van der Waals surface area contributed by atoms with Crippen LogP contribution in [0.5, 0.6) is 0 Å². The number of carbonyl (C=O) groups excluding carboxylic acids is 1. The first-order valence-corrected chi connectivity index (χ1v) is 7.33. The molecule has 3 rings (SSSR count). The van der Waals surface area contributed by atoms with Crippen LogP contribution in [-0.2, 0) is 0 Å². The van der Waals surface area contributed by atoms with E-state index in [0.29, 0.717) is 17.1 Å². The summed E-state index contributed by atoms with van der Waals surface area (Å²) in [5.41, 5.74) is 0.913. The normalized spacial score (nSPS) is 10.7. The van der Waals surface area contributed by atoms with Gasteiger partial charge in [-0.15, -0.1) is 5.10 Å². The van der Waals surface area contributed by atoms with Gasteiger partial charge in [-0.3, -0.25) is 20.2 Å². The molecule has 0 radical (unpaired) electrons. The summed E-state index contributed by atoms with van der Waals surface area (Å²) in [7, 11) is 0. The Labute approximate surface area is 141 Å². The number of aryl methyl sites for hydroxylation is 2. The van der Waals surface area contributed by atoms with E-state index in [0.717, 1.165) is 0 Å². The fourth-order valence-corrected chi connectivity index (χ4v) is 2.46. The number of nitro groups is 1. The van der Waals surface area contributed by atoms with E-state index >= 15 is 0 Å². The van der Waals surface area contributed by atoms with Crippen molar-refractivity contribution in [3.05, 3.63) is 57.0 Å². The highest BCUT2D eigenvalue weighted by molar-refractivity contribution is 6.04. The molecule has 25 heavy (non-hydrogen) atoms. The minimum Gasteiger partial charge on any atom is -0.466 e. The summed E-state index contributed by atoms with van der Waals surface area (Å²) in [5, 5.41) is 21.1. The SMILES string of the molecule is Cc1cc(-c2nnc(NC(=O)c3cccc([N+](=O)[O-])c3C)o2)c(C)o1. The van der Waals surface area contributed by atoms with E-state index in [2.05, 4.69) is 15.5 Å². The number of benzene rings is 1. The minimum atomic E-state index is -0.573. The van der Waals surface area contributed by atoms with Crippen molar-refractivity contribution in [1.29, 1.82) is 0 Å². The summed E-state index contributed by atoms with van der Waals surface area (Å²) in [6.45, 7) is 5.06. The van der Waals surface area contributed by atoms with Gasteiger partial charge in [0.15, 0.2) is 0 Å². The van der Waals surface area contributed by atoms with E-state index in [9.17, 15) is 14.9 Å². The van der Waals surface area contributed by atoms with Crippen LogP contribution in [0.15, 0.2) is 33.1 Å². The fraction of sp³-hybridized carbons (Fsp3) is 0.188. The number of carbonyl (C=O) groups is 1. The van der Waals surface area contributed by atoms with Crippen molar-refractivity contribution in [2.24, 2.45) is 0 Å². The number of nitrogens with one attached hydrogen (secondary N) is 1. The van der Waals surface area contributed by atoms with Gasteiger partial charge in [-0.05, 0) is 32.9 Å². The summed E-state index contributed by atoms with van der Waals surface area (Å²) >= 11 is 0. The number of anilines is 1. The van der Waals surface area contributed by atoms with Crippen LogP contribution in [0.4, 0.5) is 11.7 Å². The average Bonchev–Trinajstić information content (AvgIpc) is 3.13. The Morgan fingerprint density at radius 1 is 1.20 bits per heavy atom. The molecule has 2 heterocycles. The third-order valence-corrected chi connectivity index (χ3v) is 3.66. The summed E-state index contributed by atoms with van der Waals surface area (Å²) in [6, 6.07) is 5.90. The molecular weight excluding hydrogens is 328 g/mol. The second kappa shape index (κ2) is 6.19. The lowest BCUT2D eigenvalue weighted by Crippen LogP contribution is -2.14. The highest BCUT2D eigenvalue weighted by Gasteiger charge is 2.20. The Kier molecular flexibility index (Phi) is 4.05. The number of amides is 1. The zero-order valence-electron chi connectivity index (χ0n) is 13.7. The van der Waals surface area contributed by atoms with Crippen LogP contribution in [0.25, 0.3) is 11.5 Å². The van der Waals surface area contributed by atoms with Gasteiger partial charge in [0, 0.05) is 17.2 Å². The van der Waals surface area contributed by atoms with Crippen molar-refractivity contribution in [3.63, 3.8) is 0 Å². The largest absolute Gasteiger partial charge is 0.466 e. The molecule has 1 aromatic carbocycles. The predicted octanol–water partition coefficient (Wildman–Crippen LogP) is 3.42. The quantitative estimate of drug-likeness (QED) is 0.569. The van der Waals surface area contributed by atoms with E-state index in [1.54, 1.807) is 19.9 Å². The van der Waals surface area contributed by atoms with Crippen molar-refractivity contribution >= 4 is 17.6 Å². The van der Waals surface area contributed by atoms with Gasteiger partial charge in [0.1, 0.15) is 11.5 Å². The van der Waals surface area contributed by atoms with Crippen LogP contribution in [0, 0.1) is 30.9 Å². The molecule has 1 amide bonds. The Morgan fingerprint density at radius 2 is 1.96 bits per heavy atom. The number of hydrogen-bond acceptors (Lipinski definition) is 7. The van der Waals surface area contributed by atoms with E-state index in [-0.39, 0.29) is 28.7 Å². The summed E-state index contributed by atoms with van der Waals surface area (Å²) < 4.78 is 10.8. The molecule has 9 heteroatoms. The number of nitro benzene ring substituents is 1. The highest BCUT2D eigenvalue weighted by Crippen LogP contribution is 2.27. The van der Waals surface area contributed by atoms with Crippen molar-refractivity contribution in [3.8, 4) is 11.5 Å². The molecule has 0 aliphatic heterocycles. The standard InChI is InChI=1S/C16H14N4O5/c1-8-7-12(10(3)24-8)15-18-19-16(25-15)17-14(21)11-5-4-6-13(9(11)2)20(22)23/h4-7H,1-3H3,(H,17,19,21). The zero-order chi connectivity index (χ0) is 18.1. The van der Waals surface area contributed by atoms with Crippen LogP contribution in [0.2, 0.25) is 0 Å². The molecule has 0 aliphatic rings. The van der Waals surface area contributed by atoms with Gasteiger partial charge < -0.3 is 8.83 Å². The molecule has 0 spiro atoms. The molecule has 3 aromatic rings. The summed E-state index contributed by atoms with van der Waals surface area (Å²) in [5.74, 6) is 0.953. The maximum atomic E-state index is 12.3. The minimum absolute atomic E-state index is 0.107. The lowest BCUT2D eigenvalue weighted by atomic mass is 10.1. The van der Waals surface area contributed by atoms with Gasteiger partial charge in [0.2, 0.25) is 0 Å². The van der Waals surface area contributed by atoms with Crippen LogP contribution in [0.1, 0.15) is 27.4 Å². The first kappa shape index (κ1) is 16.4. The molecule has 1 N–H and O–H groups in total. The van der Waals surface area contributed by atoms with Gasteiger partial charge in [0.25, 0.3) is 17.5 Å². The van der Waals surface area contributed by atoms with E-state index in [1.165, 1.54) is 25.1 Å². The number of hydrogen-bond donors (Lipinski definition) is 1. The first-order valence-electron chi connectivity index (χ1n) is 7.33. The Balaban J connectivity index is 1.84. The first-order chi connectivity index (χ1) is 11.9. The molecule has 0 bridgehead atoms. The molecule has 0 unspecified atom stereocenters. The van der Waals surface area contributed by atoms with Crippen molar-refractivity contribution in [1.82, 2.24) is 10.2 Å². The second-order valence-electron chi connectivity index (χ2n) is 5.40. The Morgan fingerprint density at radius 3 is 2.60 bits per heavy atom. The molecule has 0 saturated carbocycles. The third kappa shape index (κ3) is 3.11. The van der Waals surface area contributed by atoms with Gasteiger partial charge in [-0.25, -0.2) is 0 Å². The average molecular weight is 342 g/mol. The summed E-state index contributed by atoms with van der Waals surface area (Å²) in [4.78, 5) is 22.8. The van der Waals surface area contributed by atoms with Crippen molar-refractivity contribution in [2.45, 2.75) is 20.8 Å². The van der Waals surface area contributed by atoms with Gasteiger partial charge in [-0.1, -0.05) is 11.2 Å². The molecule has 2 aromatic heterocycles. The maximum Gasteiger partial charge on any atom is 0.322 e. The van der Waals surface area contributed by atoms with Crippen LogP contribution in [-0.4, -0.2) is 21.0 Å². The number of aromatic nitrogens is 2. The molecular formula is C16H14N4O5. The van der Waals surface area contributed by atoms with Gasteiger partial charge in [-0.2, -0.15) is 0 Å². The molecule has 9 nitrogen and oxygen atoms in total. The fourth-order valence-electron chi connectivity index (χ4n) is 2.46. The van der Waals surface area contributed by atoms with E-state index < -0.39 is 10.8 Å². The van der Waals surface area contributed by atoms with Crippen LogP contribution < -0.4 is 5.32 Å². The topological polar surface area (TPSA) is 124 Å². The lowest BCUT2D eigenvalue weighted by molar-refractivity contribution is -0.385. The molecule has 128 valence electrons. The monoisotopic (exact) mass is 342 g/mol. The van der Waals surface area contributed by atoms with E-state index in [4.69, 9.17) is 8.83 Å². The van der Waals surface area contributed by atoms with E-state index in [1.807, 2.05) is 0 Å². The highest BCUT2D eigenvalue weighted by atomic mass is 16.6. The predicted molar refractivity (Wildman–Crippen MR) is 87.3 cm³/mol. The Hall–Kier alpha value is -3.49. The van der Waals surface area contributed by atoms with Crippen molar-refractivity contribution < 1.29 is 18.6 Å². The van der Waals surface area contributed by atoms with Gasteiger partial charge in [0.05, 0.1) is 10.5 Å². The Bertz CT molecular complexity index is 973. The molecule has 0 fully saturated rings. The smallest absolute Gasteiger partial charge is 0.322 e. The second-order valence-corrected chi connectivity index (χ2v) is 5.40. The third-order valence-electron chi connectivity index (χ3n) is 3.66. The van der Waals surface area contributed by atoms with Crippen molar-refractivity contribution in [2.75, 3.05) is 5.32 Å². The molecule has 0 atom stereocenters. The zero-order valence-corrected chi connectivity index (χ0v) is 13.7. The van der Waals surface area contributed by atoms with Crippen LogP contribution in [0.3, 0.4) is 0 Å². The number of furan rings is 1.